The van der Waals surface area contributed by atoms with Gasteiger partial charge in [-0.3, -0.25) is 19.4 Å². The number of carboxylic acids is 2. The summed E-state index contributed by atoms with van der Waals surface area (Å²) < 4.78 is 0.547. The van der Waals surface area contributed by atoms with Gasteiger partial charge < -0.3 is 52.6 Å². The number of anilines is 4. The summed E-state index contributed by atoms with van der Waals surface area (Å²) in [6, 6.07) is 5.16. The second-order valence-corrected chi connectivity index (χ2v) is 11.5. The zero-order valence-corrected chi connectivity index (χ0v) is 28.8. The number of aromatic nitrogens is 12. The van der Waals surface area contributed by atoms with Gasteiger partial charge in [0.15, 0.2) is 38.4 Å². The number of nitrogens with two attached hydrogens (primary N) is 3. The minimum Gasteiger partial charge on any atom is -0.481 e. The van der Waals surface area contributed by atoms with Crippen LogP contribution >= 0.6 is 12.2 Å². The molecule has 0 bridgehead atoms. The van der Waals surface area contributed by atoms with E-state index in [1.54, 1.807) is 24.7 Å². The lowest BCUT2D eigenvalue weighted by molar-refractivity contribution is -0.140. The van der Waals surface area contributed by atoms with E-state index in [1.807, 2.05) is 11.9 Å². The number of imidazole rings is 2. The molecule has 24 heteroatoms. The van der Waals surface area contributed by atoms with Crippen molar-refractivity contribution < 1.29 is 24.6 Å². The Kier molecular flexibility index (Phi) is 11.6. The number of fused-ring (bicyclic) bond motifs is 3. The predicted octanol–water partition coefficient (Wildman–Crippen LogP) is 0.512. The summed E-state index contributed by atoms with van der Waals surface area (Å²) in [7, 11) is 1.82. The zero-order valence-electron chi connectivity index (χ0n) is 28.0. The maximum Gasteiger partial charge on any atom is 0.326 e. The van der Waals surface area contributed by atoms with E-state index in [4.69, 9.17) is 34.5 Å². The van der Waals surface area contributed by atoms with Crippen LogP contribution in [0.15, 0.2) is 54.2 Å². The number of hydrogen-bond acceptors (Lipinski definition) is 17. The molecule has 1 aromatic carbocycles. The number of nitrogens with zero attached hydrogens (tertiary/aromatic N) is 9. The second kappa shape index (κ2) is 16.6. The average Bonchev–Trinajstić information content (AvgIpc) is 3.82. The molecule has 0 saturated carbocycles. The van der Waals surface area contributed by atoms with Gasteiger partial charge in [0, 0.05) is 24.7 Å². The van der Waals surface area contributed by atoms with Crippen LogP contribution < -0.4 is 33.0 Å². The van der Waals surface area contributed by atoms with Gasteiger partial charge in [0.25, 0.3) is 11.5 Å². The highest BCUT2D eigenvalue weighted by Gasteiger charge is 2.22. The fourth-order valence-electron chi connectivity index (χ4n) is 4.67. The number of H-pyrrole nitrogens is 4. The number of rotatable bonds is 9. The largest absolute Gasteiger partial charge is 0.481 e. The highest BCUT2D eigenvalue weighted by molar-refractivity contribution is 7.71. The van der Waals surface area contributed by atoms with Gasteiger partial charge >= 0.3 is 11.9 Å². The Bertz CT molecular complexity index is 2570. The van der Waals surface area contributed by atoms with Crippen LogP contribution in [0.5, 0.6) is 0 Å². The molecule has 6 heterocycles. The molecule has 0 aliphatic rings. The highest BCUT2D eigenvalue weighted by Crippen LogP contribution is 2.19. The molecule has 6 aromatic heterocycles. The van der Waals surface area contributed by atoms with E-state index < -0.39 is 23.9 Å². The van der Waals surface area contributed by atoms with E-state index in [-0.39, 0.29) is 41.7 Å². The fraction of sp³-hybridized carbons (Fsp3) is 0.167. The summed E-state index contributed by atoms with van der Waals surface area (Å²) >= 11 is 4.91. The molecule has 0 aliphatic heterocycles. The summed E-state index contributed by atoms with van der Waals surface area (Å²) in [4.78, 5) is 89.8. The van der Waals surface area contributed by atoms with E-state index in [2.05, 4.69) is 65.1 Å². The van der Waals surface area contributed by atoms with Gasteiger partial charge in [-0.25, -0.2) is 29.7 Å². The van der Waals surface area contributed by atoms with E-state index in [0.29, 0.717) is 39.2 Å². The van der Waals surface area contributed by atoms with E-state index in [9.17, 15) is 24.3 Å². The van der Waals surface area contributed by atoms with Crippen molar-refractivity contribution in [2.24, 2.45) is 0 Å². The molecule has 278 valence electrons. The first-order chi connectivity index (χ1) is 25.8. The van der Waals surface area contributed by atoms with E-state index >= 15 is 0 Å². The smallest absolute Gasteiger partial charge is 0.326 e. The minimum absolute atomic E-state index is 0.0138. The number of aromatic amines is 4. The lowest BCUT2D eigenvalue weighted by Gasteiger charge is -2.19. The van der Waals surface area contributed by atoms with Crippen molar-refractivity contribution in [3.63, 3.8) is 0 Å². The summed E-state index contributed by atoms with van der Waals surface area (Å²) in [5.74, 6) is -2.83. The van der Waals surface area contributed by atoms with Crippen molar-refractivity contribution in [2.45, 2.75) is 25.4 Å². The van der Waals surface area contributed by atoms with Crippen molar-refractivity contribution in [3.8, 4) is 0 Å². The first-order valence-corrected chi connectivity index (χ1v) is 15.9. The molecule has 0 spiro atoms. The van der Waals surface area contributed by atoms with Gasteiger partial charge in [-0.15, -0.1) is 0 Å². The molecule has 0 aliphatic carbocycles. The number of benzene rings is 1. The van der Waals surface area contributed by atoms with E-state index in [0.717, 1.165) is 16.9 Å². The Morgan fingerprint density at radius 2 is 1.59 bits per heavy atom. The lowest BCUT2D eigenvalue weighted by atomic mass is 10.1. The van der Waals surface area contributed by atoms with Crippen LogP contribution in [0.1, 0.15) is 28.9 Å². The first-order valence-electron chi connectivity index (χ1n) is 15.5. The standard InChI is InChI=1S/C20H22N8O5.C5H5N5O.C5H4N4S/c1-28(9-11-8-23-17-15(24-11)16(21)26-20(22)27-17)12-4-2-10(3-5-12)18(31)25-13(19(32)33)6-7-14(29)30;6-5-9-3-2(4(11)10-5)7-1-8-3;10-5-3-4(7-1-6-3)8-2-9-5/h2-5,8,13H,6-7,9H2,1H3,(H,25,31)(H,29,30)(H,32,33)(H4,21,22,23,26,27);1H,(H4,6,7,8,9,10,11);1-2H,(H2,6,7,8,9,10)/t13-;;/m0../s1. The summed E-state index contributed by atoms with van der Waals surface area (Å²) in [5, 5.41) is 20.2. The summed E-state index contributed by atoms with van der Waals surface area (Å²) in [5.41, 5.74) is 20.8. The van der Waals surface area contributed by atoms with Crippen molar-refractivity contribution in [1.82, 2.24) is 65.1 Å². The van der Waals surface area contributed by atoms with Crippen LogP contribution in [0, 0.1) is 4.64 Å². The molecule has 23 nitrogen and oxygen atoms in total. The van der Waals surface area contributed by atoms with Gasteiger partial charge in [0.1, 0.15) is 11.6 Å². The molecular formula is C30H31N17O6S. The monoisotopic (exact) mass is 757 g/mol. The molecule has 0 radical (unpaired) electrons. The van der Waals surface area contributed by atoms with Crippen LogP contribution in [-0.2, 0) is 16.1 Å². The predicted molar refractivity (Wildman–Crippen MR) is 196 cm³/mol. The summed E-state index contributed by atoms with van der Waals surface area (Å²) in [6.45, 7) is 0.370. The van der Waals surface area contributed by atoms with Gasteiger partial charge in [0.05, 0.1) is 37.4 Å². The molecule has 1 atom stereocenters. The number of aliphatic carboxylic acids is 2. The fourth-order valence-corrected chi connectivity index (χ4v) is 4.88. The number of carbonyl (C=O) groups is 3. The zero-order chi connectivity index (χ0) is 38.9. The second-order valence-electron chi connectivity index (χ2n) is 11.1. The maximum absolute atomic E-state index is 12.4. The van der Waals surface area contributed by atoms with Gasteiger partial charge in [-0.1, -0.05) is 12.2 Å². The Hall–Kier alpha value is -7.63. The molecule has 7 rings (SSSR count). The SMILES string of the molecule is CN(Cc1cnc2nc(N)nc(N)c2n1)c1ccc(C(=O)N[C@@H](CCC(=O)O)C(=O)O)cc1.Nc1nc2nc[nH]c2c(=O)[nH]1.S=c1nc[nH]c2nc[nH]c12. The Morgan fingerprint density at radius 1 is 0.889 bits per heavy atom. The number of carboxylic acid groups (broad SMARTS) is 2. The number of hydrogen-bond donors (Lipinski definition) is 10. The Balaban J connectivity index is 0.000000212. The Labute approximate surface area is 306 Å². The van der Waals surface area contributed by atoms with Crippen LogP contribution in [0.3, 0.4) is 0 Å². The molecule has 0 unspecified atom stereocenters. The average molecular weight is 758 g/mol. The summed E-state index contributed by atoms with van der Waals surface area (Å²) in [6.07, 6.45) is 5.47. The lowest BCUT2D eigenvalue weighted by Crippen LogP contribution is -2.41. The molecule has 0 saturated heterocycles. The maximum atomic E-state index is 12.4. The molecular weight excluding hydrogens is 727 g/mol. The van der Waals surface area contributed by atoms with Crippen molar-refractivity contribution in [2.75, 3.05) is 29.1 Å². The highest BCUT2D eigenvalue weighted by atomic mass is 32.1. The van der Waals surface area contributed by atoms with Crippen molar-refractivity contribution in [1.29, 1.82) is 0 Å². The number of amides is 1. The van der Waals surface area contributed by atoms with Crippen molar-refractivity contribution in [3.05, 3.63) is 75.7 Å². The van der Waals surface area contributed by atoms with Crippen LogP contribution in [-0.4, -0.2) is 101 Å². The normalized spacial score (nSPS) is 11.2. The van der Waals surface area contributed by atoms with Crippen molar-refractivity contribution >= 4 is 87.0 Å². The Morgan fingerprint density at radius 3 is 2.30 bits per heavy atom. The van der Waals surface area contributed by atoms with Gasteiger partial charge in [-0.05, 0) is 30.7 Å². The molecule has 1 amide bonds. The topological polar surface area (TPSA) is 368 Å². The van der Waals surface area contributed by atoms with Crippen LogP contribution in [0.2, 0.25) is 0 Å². The van der Waals surface area contributed by atoms with Gasteiger partial charge in [0.2, 0.25) is 11.9 Å². The molecule has 13 N–H and O–H groups in total. The van der Waals surface area contributed by atoms with E-state index in [1.165, 1.54) is 24.8 Å². The number of nitrogen functional groups attached to an aromatic ring is 3. The third-order valence-electron chi connectivity index (χ3n) is 7.27. The molecule has 0 fully saturated rings. The van der Waals surface area contributed by atoms with Crippen LogP contribution in [0.25, 0.3) is 33.5 Å². The van der Waals surface area contributed by atoms with Crippen LogP contribution in [0.4, 0.5) is 23.4 Å². The molecule has 7 aromatic rings. The first kappa shape index (κ1) is 37.6. The number of carbonyl (C=O) groups excluding carboxylic acids is 1. The molecule has 54 heavy (non-hydrogen) atoms. The minimum atomic E-state index is -1.30. The quantitative estimate of drug-likeness (QED) is 0.0896. The van der Waals surface area contributed by atoms with Gasteiger partial charge in [-0.2, -0.15) is 15.0 Å². The third kappa shape index (κ3) is 9.37. The number of nitrogens with one attached hydrogen (secondary N) is 5. The third-order valence-corrected chi connectivity index (χ3v) is 7.58.